The minimum Gasteiger partial charge on any atom is -0.489 e. The highest BCUT2D eigenvalue weighted by atomic mass is 16.5. The Morgan fingerprint density at radius 3 is 2.41 bits per heavy atom. The van der Waals surface area contributed by atoms with Crippen LogP contribution >= 0.6 is 0 Å². The zero-order valence-corrected chi connectivity index (χ0v) is 17.4. The Hall–Kier alpha value is -2.86. The number of hydrogen-bond donors (Lipinski definition) is 2. The van der Waals surface area contributed by atoms with Gasteiger partial charge in [-0.25, -0.2) is 5.48 Å². The van der Waals surface area contributed by atoms with Gasteiger partial charge in [-0.1, -0.05) is 41.5 Å². The molecule has 1 heterocycles. The van der Waals surface area contributed by atoms with Crippen molar-refractivity contribution in [2.45, 2.75) is 52.2 Å². The number of nitrogens with one attached hydrogen (secondary N) is 1. The molecule has 2 aromatic rings. The molecule has 0 aromatic heterocycles. The summed E-state index contributed by atoms with van der Waals surface area (Å²) in [5, 5.41) is 8.84. The van der Waals surface area contributed by atoms with Gasteiger partial charge in [0.25, 0.3) is 5.91 Å². The van der Waals surface area contributed by atoms with Gasteiger partial charge < -0.3 is 9.64 Å². The lowest BCUT2D eigenvalue weighted by Crippen LogP contribution is -2.47. The zero-order valence-electron chi connectivity index (χ0n) is 17.4. The highest BCUT2D eigenvalue weighted by Gasteiger charge is 2.46. The van der Waals surface area contributed by atoms with E-state index < -0.39 is 17.4 Å². The van der Waals surface area contributed by atoms with Gasteiger partial charge in [0, 0.05) is 6.54 Å². The first-order valence-electron chi connectivity index (χ1n) is 9.80. The number of benzene rings is 2. The molecule has 1 aliphatic rings. The van der Waals surface area contributed by atoms with Crippen molar-refractivity contribution in [1.29, 1.82) is 0 Å². The number of hydrogen-bond acceptors (Lipinski definition) is 4. The number of aryl methyl sites for hydroxylation is 2. The normalized spacial score (nSPS) is 19.9. The molecule has 0 radical (unpaired) electrons. The van der Waals surface area contributed by atoms with Crippen LogP contribution in [0.3, 0.4) is 0 Å². The summed E-state index contributed by atoms with van der Waals surface area (Å²) < 4.78 is 5.91. The molecule has 2 N–H and O–H groups in total. The lowest BCUT2D eigenvalue weighted by molar-refractivity contribution is -0.143. The average molecular weight is 396 g/mol. The maximum absolute atomic E-state index is 13.0. The molecule has 6 heteroatoms. The van der Waals surface area contributed by atoms with E-state index in [0.717, 1.165) is 16.9 Å². The van der Waals surface area contributed by atoms with Crippen molar-refractivity contribution in [3.8, 4) is 5.75 Å². The monoisotopic (exact) mass is 396 g/mol. The molecule has 2 amide bonds. The predicted molar refractivity (Wildman–Crippen MR) is 110 cm³/mol. The van der Waals surface area contributed by atoms with Crippen molar-refractivity contribution in [3.05, 3.63) is 64.7 Å². The summed E-state index contributed by atoms with van der Waals surface area (Å²) in [5.74, 6) is 0.0436. The van der Waals surface area contributed by atoms with Gasteiger partial charge in [0.1, 0.15) is 18.4 Å². The average Bonchev–Trinajstić information content (AvgIpc) is 3.00. The SMILES string of the molecule is Cc1cc(C)cc(COc2ccc(C3(C)CCN(C(C)C(=O)NO)C3=O)cc2)c1. The molecule has 0 saturated carbocycles. The summed E-state index contributed by atoms with van der Waals surface area (Å²) in [6, 6.07) is 13.2. The minimum atomic E-state index is -0.713. The number of carbonyl (C=O) groups is 2. The Balaban J connectivity index is 1.69. The number of rotatable bonds is 6. The smallest absolute Gasteiger partial charge is 0.265 e. The van der Waals surface area contributed by atoms with Crippen molar-refractivity contribution in [2.75, 3.05) is 6.54 Å². The van der Waals surface area contributed by atoms with Crippen LogP contribution in [0.25, 0.3) is 0 Å². The van der Waals surface area contributed by atoms with Crippen LogP contribution in [0, 0.1) is 13.8 Å². The maximum Gasteiger partial charge on any atom is 0.265 e. The van der Waals surface area contributed by atoms with E-state index >= 15 is 0 Å². The third-order valence-corrected chi connectivity index (χ3v) is 5.72. The van der Waals surface area contributed by atoms with E-state index in [4.69, 9.17) is 9.94 Å². The van der Waals surface area contributed by atoms with Crippen LogP contribution in [0.2, 0.25) is 0 Å². The van der Waals surface area contributed by atoms with E-state index in [9.17, 15) is 9.59 Å². The molecular formula is C23H28N2O4. The number of likely N-dealkylation sites (tertiary alicyclic amines) is 1. The molecule has 29 heavy (non-hydrogen) atoms. The summed E-state index contributed by atoms with van der Waals surface area (Å²) in [5.41, 5.74) is 5.35. The van der Waals surface area contributed by atoms with E-state index in [0.29, 0.717) is 19.6 Å². The summed E-state index contributed by atoms with van der Waals surface area (Å²) in [6.45, 7) is 8.59. The van der Waals surface area contributed by atoms with E-state index in [2.05, 4.69) is 32.0 Å². The lowest BCUT2D eigenvalue weighted by Gasteiger charge is -2.27. The Morgan fingerprint density at radius 2 is 1.83 bits per heavy atom. The van der Waals surface area contributed by atoms with Crippen LogP contribution in [-0.2, 0) is 21.6 Å². The highest BCUT2D eigenvalue weighted by molar-refractivity contribution is 5.94. The van der Waals surface area contributed by atoms with Gasteiger partial charge in [-0.15, -0.1) is 0 Å². The zero-order chi connectivity index (χ0) is 21.2. The largest absolute Gasteiger partial charge is 0.489 e. The van der Waals surface area contributed by atoms with Crippen LogP contribution in [0.5, 0.6) is 5.75 Å². The molecule has 1 saturated heterocycles. The third kappa shape index (κ3) is 4.27. The third-order valence-electron chi connectivity index (χ3n) is 5.72. The molecule has 0 aliphatic carbocycles. The molecule has 1 aliphatic heterocycles. The topological polar surface area (TPSA) is 78.9 Å². The van der Waals surface area contributed by atoms with Crippen molar-refractivity contribution < 1.29 is 19.5 Å². The first-order valence-corrected chi connectivity index (χ1v) is 9.80. The predicted octanol–water partition coefficient (Wildman–Crippen LogP) is 3.27. The number of hydroxylamine groups is 1. The Morgan fingerprint density at radius 1 is 1.21 bits per heavy atom. The fraction of sp³-hybridized carbons (Fsp3) is 0.391. The van der Waals surface area contributed by atoms with Crippen molar-refractivity contribution in [1.82, 2.24) is 10.4 Å². The fourth-order valence-corrected chi connectivity index (χ4v) is 3.98. The second-order valence-electron chi connectivity index (χ2n) is 8.04. The van der Waals surface area contributed by atoms with Gasteiger partial charge in [0.05, 0.1) is 5.41 Å². The van der Waals surface area contributed by atoms with E-state index in [1.165, 1.54) is 16.0 Å². The maximum atomic E-state index is 13.0. The molecule has 1 fully saturated rings. The van der Waals surface area contributed by atoms with Crippen LogP contribution in [0.1, 0.15) is 42.5 Å². The minimum absolute atomic E-state index is 0.113. The summed E-state index contributed by atoms with van der Waals surface area (Å²) in [7, 11) is 0. The van der Waals surface area contributed by atoms with Gasteiger partial charge in [-0.05, 0) is 57.4 Å². The van der Waals surface area contributed by atoms with Gasteiger partial charge in [-0.3, -0.25) is 14.8 Å². The molecule has 2 aromatic carbocycles. The fourth-order valence-electron chi connectivity index (χ4n) is 3.98. The number of nitrogens with zero attached hydrogens (tertiary/aromatic N) is 1. The van der Waals surface area contributed by atoms with E-state index in [1.54, 1.807) is 12.4 Å². The quantitative estimate of drug-likeness (QED) is 0.580. The Kier molecular flexibility index (Phi) is 5.94. The van der Waals surface area contributed by atoms with Gasteiger partial charge in [-0.2, -0.15) is 0 Å². The number of amides is 2. The molecule has 154 valence electrons. The summed E-state index contributed by atoms with van der Waals surface area (Å²) in [6.07, 6.45) is 0.609. The molecule has 6 nitrogen and oxygen atoms in total. The van der Waals surface area contributed by atoms with Crippen molar-refractivity contribution >= 4 is 11.8 Å². The Labute approximate surface area is 171 Å². The van der Waals surface area contributed by atoms with Crippen LogP contribution in [-0.4, -0.2) is 34.5 Å². The molecular weight excluding hydrogens is 368 g/mol. The van der Waals surface area contributed by atoms with Crippen molar-refractivity contribution in [2.24, 2.45) is 0 Å². The first-order chi connectivity index (χ1) is 13.7. The Bertz CT molecular complexity index is 889. The number of carbonyl (C=O) groups excluding carboxylic acids is 2. The van der Waals surface area contributed by atoms with Crippen LogP contribution < -0.4 is 10.2 Å². The molecule has 0 spiro atoms. The molecule has 0 bridgehead atoms. The molecule has 2 unspecified atom stereocenters. The van der Waals surface area contributed by atoms with Crippen molar-refractivity contribution in [3.63, 3.8) is 0 Å². The lowest BCUT2D eigenvalue weighted by atomic mass is 9.81. The number of ether oxygens (including phenoxy) is 1. The van der Waals surface area contributed by atoms with Gasteiger partial charge in [0.15, 0.2) is 0 Å². The van der Waals surface area contributed by atoms with E-state index in [-0.39, 0.29) is 5.91 Å². The van der Waals surface area contributed by atoms with Crippen LogP contribution in [0.15, 0.2) is 42.5 Å². The second kappa shape index (κ2) is 8.25. The second-order valence-corrected chi connectivity index (χ2v) is 8.04. The molecule has 2 atom stereocenters. The standard InChI is InChI=1S/C23H28N2O4/c1-15-11-16(2)13-18(12-15)14-29-20-7-5-19(6-8-20)23(4)9-10-25(22(23)27)17(3)21(26)24-28/h5-8,11-13,17,28H,9-10,14H2,1-4H3,(H,24,26). The van der Waals surface area contributed by atoms with E-state index in [1.807, 2.05) is 31.2 Å². The first kappa shape index (κ1) is 20.9. The summed E-state index contributed by atoms with van der Waals surface area (Å²) >= 11 is 0. The van der Waals surface area contributed by atoms with Crippen LogP contribution in [0.4, 0.5) is 0 Å². The molecule has 3 rings (SSSR count). The van der Waals surface area contributed by atoms with Gasteiger partial charge >= 0.3 is 0 Å². The van der Waals surface area contributed by atoms with Gasteiger partial charge in [0.2, 0.25) is 5.91 Å². The highest BCUT2D eigenvalue weighted by Crippen LogP contribution is 2.37. The summed E-state index contributed by atoms with van der Waals surface area (Å²) in [4.78, 5) is 26.2.